The predicted molar refractivity (Wildman–Crippen MR) is 140 cm³/mol. The van der Waals surface area contributed by atoms with Gasteiger partial charge in [-0.05, 0) is 68.9 Å². The Kier molecular flexibility index (Phi) is 7.61. The van der Waals surface area contributed by atoms with Gasteiger partial charge in [-0.1, -0.05) is 29.8 Å². The molecule has 0 aromatic heterocycles. The van der Waals surface area contributed by atoms with Crippen molar-refractivity contribution in [2.75, 3.05) is 42.8 Å². The van der Waals surface area contributed by atoms with Gasteiger partial charge in [0.2, 0.25) is 0 Å². The van der Waals surface area contributed by atoms with E-state index in [4.69, 9.17) is 0 Å². The number of nitrogens with zero attached hydrogens (tertiary/aromatic N) is 2. The van der Waals surface area contributed by atoms with Crippen LogP contribution in [0.15, 0.2) is 71.6 Å². The first-order chi connectivity index (χ1) is 17.1. The monoisotopic (exact) mass is 510 g/mol. The summed E-state index contributed by atoms with van der Waals surface area (Å²) in [5, 5.41) is 2.91. The third-order valence-corrected chi connectivity index (χ3v) is 7.78. The number of sulfonamides is 1. The smallest absolute Gasteiger partial charge is 0.261 e. The first-order valence-electron chi connectivity index (χ1n) is 11.9. The quantitative estimate of drug-likeness (QED) is 0.499. The molecule has 1 amide bonds. The van der Waals surface area contributed by atoms with Gasteiger partial charge in [-0.15, -0.1) is 0 Å². The van der Waals surface area contributed by atoms with Crippen molar-refractivity contribution in [3.8, 4) is 0 Å². The van der Waals surface area contributed by atoms with E-state index < -0.39 is 10.0 Å². The van der Waals surface area contributed by atoms with Crippen molar-refractivity contribution in [2.24, 2.45) is 0 Å². The van der Waals surface area contributed by atoms with Crippen molar-refractivity contribution in [1.29, 1.82) is 0 Å². The minimum Gasteiger partial charge on any atom is -0.367 e. The van der Waals surface area contributed by atoms with Gasteiger partial charge in [0.25, 0.3) is 15.9 Å². The van der Waals surface area contributed by atoms with Crippen molar-refractivity contribution in [3.05, 3.63) is 89.2 Å². The van der Waals surface area contributed by atoms with Crippen LogP contribution in [0, 0.1) is 12.7 Å². The summed E-state index contributed by atoms with van der Waals surface area (Å²) in [6.45, 7) is 6.88. The Morgan fingerprint density at radius 1 is 0.944 bits per heavy atom. The molecule has 1 saturated heterocycles. The molecule has 1 atom stereocenters. The van der Waals surface area contributed by atoms with Crippen molar-refractivity contribution >= 4 is 27.3 Å². The van der Waals surface area contributed by atoms with E-state index in [1.54, 1.807) is 54.6 Å². The lowest BCUT2D eigenvalue weighted by Gasteiger charge is -2.35. The molecule has 3 aromatic rings. The lowest BCUT2D eigenvalue weighted by Crippen LogP contribution is -2.44. The van der Waals surface area contributed by atoms with Gasteiger partial charge in [-0.2, -0.15) is 0 Å². The van der Waals surface area contributed by atoms with Crippen LogP contribution in [0.1, 0.15) is 34.5 Å². The summed E-state index contributed by atoms with van der Waals surface area (Å²) in [5.74, 6) is -0.699. The largest absolute Gasteiger partial charge is 0.367 e. The van der Waals surface area contributed by atoms with Crippen molar-refractivity contribution in [3.63, 3.8) is 0 Å². The van der Waals surface area contributed by atoms with Gasteiger partial charge in [0.15, 0.2) is 0 Å². The van der Waals surface area contributed by atoms with E-state index >= 15 is 0 Å². The van der Waals surface area contributed by atoms with Crippen LogP contribution in [0.5, 0.6) is 0 Å². The summed E-state index contributed by atoms with van der Waals surface area (Å²) >= 11 is 0. The number of halogens is 1. The zero-order valence-electron chi connectivity index (χ0n) is 20.7. The second-order valence-electron chi connectivity index (χ2n) is 9.19. The van der Waals surface area contributed by atoms with Gasteiger partial charge in [0.1, 0.15) is 5.82 Å². The van der Waals surface area contributed by atoms with Crippen molar-refractivity contribution in [1.82, 2.24) is 10.2 Å². The normalized spacial score (nSPS) is 15.4. The summed E-state index contributed by atoms with van der Waals surface area (Å²) in [7, 11) is -1.82. The number of nitrogens with one attached hydrogen (secondary N) is 2. The highest BCUT2D eigenvalue weighted by molar-refractivity contribution is 7.92. The molecule has 9 heteroatoms. The van der Waals surface area contributed by atoms with E-state index in [2.05, 4.69) is 19.8 Å². The highest BCUT2D eigenvalue weighted by Crippen LogP contribution is 2.31. The van der Waals surface area contributed by atoms with Gasteiger partial charge in [0, 0.05) is 31.7 Å². The first kappa shape index (κ1) is 25.7. The molecule has 1 fully saturated rings. The average molecular weight is 511 g/mol. The van der Waals surface area contributed by atoms with Gasteiger partial charge in [-0.3, -0.25) is 9.52 Å². The molecule has 36 heavy (non-hydrogen) atoms. The maximum Gasteiger partial charge on any atom is 0.261 e. The van der Waals surface area contributed by atoms with E-state index in [9.17, 15) is 17.6 Å². The van der Waals surface area contributed by atoms with Gasteiger partial charge in [0.05, 0.1) is 22.3 Å². The average Bonchev–Trinajstić information content (AvgIpc) is 2.85. The number of piperazine rings is 1. The minimum atomic E-state index is -3.87. The summed E-state index contributed by atoms with van der Waals surface area (Å²) in [6.07, 6.45) is 0. The molecule has 7 nitrogen and oxygen atoms in total. The van der Waals surface area contributed by atoms with E-state index in [0.717, 1.165) is 43.0 Å². The summed E-state index contributed by atoms with van der Waals surface area (Å²) < 4.78 is 42.4. The number of benzene rings is 3. The second kappa shape index (κ2) is 10.7. The highest BCUT2D eigenvalue weighted by atomic mass is 32.2. The van der Waals surface area contributed by atoms with Gasteiger partial charge in [-0.25, -0.2) is 12.8 Å². The van der Waals surface area contributed by atoms with E-state index in [1.807, 2.05) is 20.9 Å². The predicted octanol–water partition coefficient (Wildman–Crippen LogP) is 4.18. The fraction of sp³-hybridized carbons (Fsp3) is 0.296. The van der Waals surface area contributed by atoms with Crippen LogP contribution in [0.2, 0.25) is 0 Å². The summed E-state index contributed by atoms with van der Waals surface area (Å²) in [5.41, 5.74) is 3.12. The number of aryl methyl sites for hydroxylation is 1. The molecule has 3 aromatic carbocycles. The maximum atomic E-state index is 13.3. The molecule has 0 saturated carbocycles. The SMILES string of the molecule is Cc1ccc(S(=O)(=O)Nc2cc(C(=O)NC(C)c3ccc(F)cc3)ccc2N2CCN(C)CC2)cc1. The van der Waals surface area contributed by atoms with E-state index in [0.29, 0.717) is 11.3 Å². The topological polar surface area (TPSA) is 81.7 Å². The number of rotatable bonds is 7. The summed E-state index contributed by atoms with van der Waals surface area (Å²) in [4.78, 5) is 17.6. The van der Waals surface area contributed by atoms with Crippen molar-refractivity contribution < 1.29 is 17.6 Å². The van der Waals surface area contributed by atoms with Gasteiger partial charge >= 0.3 is 0 Å². The molecular weight excluding hydrogens is 479 g/mol. The van der Waals surface area contributed by atoms with Crippen LogP contribution < -0.4 is 14.9 Å². The number of hydrogen-bond donors (Lipinski definition) is 2. The molecule has 190 valence electrons. The molecule has 1 aliphatic heterocycles. The Balaban J connectivity index is 1.63. The van der Waals surface area contributed by atoms with E-state index in [1.165, 1.54) is 12.1 Å². The first-order valence-corrected chi connectivity index (χ1v) is 13.3. The third-order valence-electron chi connectivity index (χ3n) is 6.40. The standard InChI is InChI=1S/C27H31FN4O3S/c1-19-4-11-24(12-5-19)36(34,35)30-25-18-22(8-13-26(25)32-16-14-31(3)15-17-32)27(33)29-20(2)21-6-9-23(28)10-7-21/h4-13,18,20,30H,14-17H2,1-3H3,(H,29,33). The Bertz CT molecular complexity index is 1320. The zero-order valence-corrected chi connectivity index (χ0v) is 21.5. The molecule has 1 unspecified atom stereocenters. The van der Waals surface area contributed by atoms with Gasteiger partial charge < -0.3 is 15.1 Å². The molecule has 1 aliphatic rings. The third kappa shape index (κ3) is 6.03. The fourth-order valence-corrected chi connectivity index (χ4v) is 5.18. The molecule has 0 radical (unpaired) electrons. The fourth-order valence-electron chi connectivity index (χ4n) is 4.12. The number of carbonyl (C=O) groups is 1. The van der Waals surface area contributed by atoms with E-state index in [-0.39, 0.29) is 22.7 Å². The van der Waals surface area contributed by atoms with Crippen LogP contribution in [0.4, 0.5) is 15.8 Å². The Hall–Kier alpha value is -3.43. The van der Waals surface area contributed by atoms with Crippen LogP contribution in [0.3, 0.4) is 0 Å². The number of hydrogen-bond acceptors (Lipinski definition) is 5. The lowest BCUT2D eigenvalue weighted by molar-refractivity contribution is 0.0940. The second-order valence-corrected chi connectivity index (χ2v) is 10.9. The Labute approximate surface area is 212 Å². The minimum absolute atomic E-state index is 0.150. The molecule has 0 aliphatic carbocycles. The van der Waals surface area contributed by atoms with Crippen LogP contribution in [-0.2, 0) is 10.0 Å². The molecule has 0 spiro atoms. The van der Waals surface area contributed by atoms with Crippen LogP contribution >= 0.6 is 0 Å². The molecule has 1 heterocycles. The number of likely N-dealkylation sites (N-methyl/N-ethyl adjacent to an activating group) is 1. The van der Waals surface area contributed by atoms with Crippen molar-refractivity contribution in [2.45, 2.75) is 24.8 Å². The number of anilines is 2. The number of amides is 1. The Morgan fingerprint density at radius 2 is 1.58 bits per heavy atom. The van der Waals surface area contributed by atoms with Crippen LogP contribution in [-0.4, -0.2) is 52.5 Å². The summed E-state index contributed by atoms with van der Waals surface area (Å²) in [6, 6.07) is 17.3. The highest BCUT2D eigenvalue weighted by Gasteiger charge is 2.23. The molecule has 0 bridgehead atoms. The number of carbonyl (C=O) groups excluding carboxylic acids is 1. The lowest BCUT2D eigenvalue weighted by atomic mass is 10.1. The molecular formula is C27H31FN4O3S. The molecule has 2 N–H and O–H groups in total. The molecule has 4 rings (SSSR count). The Morgan fingerprint density at radius 3 is 2.22 bits per heavy atom. The zero-order chi connectivity index (χ0) is 25.9. The maximum absolute atomic E-state index is 13.3. The van der Waals surface area contributed by atoms with Crippen LogP contribution in [0.25, 0.3) is 0 Å².